The minimum absolute atomic E-state index is 0.0918. The van der Waals surface area contributed by atoms with E-state index in [1.54, 1.807) is 0 Å². The zero-order chi connectivity index (χ0) is 12.3. The van der Waals surface area contributed by atoms with Gasteiger partial charge in [0, 0.05) is 31.4 Å². The van der Waals surface area contributed by atoms with Crippen LogP contribution in [0, 0.1) is 0 Å². The fourth-order valence-electron chi connectivity index (χ4n) is 2.94. The molecule has 0 aromatic rings. The van der Waals surface area contributed by atoms with Gasteiger partial charge in [0.1, 0.15) is 0 Å². The maximum Gasteiger partial charge on any atom is 0.238 e. The second kappa shape index (κ2) is 5.61. The number of nitrogens with zero attached hydrogens (tertiary/aromatic N) is 1. The largest absolute Gasteiger partial charge is 0.339 e. The van der Waals surface area contributed by atoms with E-state index in [1.807, 2.05) is 11.8 Å². The summed E-state index contributed by atoms with van der Waals surface area (Å²) in [6.45, 7) is 8.09. The van der Waals surface area contributed by atoms with E-state index in [1.165, 1.54) is 12.8 Å². The Morgan fingerprint density at radius 1 is 1.24 bits per heavy atom. The van der Waals surface area contributed by atoms with E-state index in [0.717, 1.165) is 39.0 Å². The first-order valence-corrected chi connectivity index (χ1v) is 7.70. The summed E-state index contributed by atoms with van der Waals surface area (Å²) in [4.78, 5) is 14.8. The summed E-state index contributed by atoms with van der Waals surface area (Å²) < 4.78 is -0.0918. The zero-order valence-electron chi connectivity index (χ0n) is 11.0. The summed E-state index contributed by atoms with van der Waals surface area (Å²) in [5.74, 6) is 0.412. The summed E-state index contributed by atoms with van der Waals surface area (Å²) in [5, 5.41) is 3.85. The van der Waals surface area contributed by atoms with E-state index < -0.39 is 0 Å². The molecular weight excluding hydrogens is 232 g/mol. The quantitative estimate of drug-likeness (QED) is 0.837. The lowest BCUT2D eigenvalue weighted by Gasteiger charge is -2.37. The fraction of sp³-hybridized carbons (Fsp3) is 0.923. The molecule has 0 radical (unpaired) electrons. The Bertz CT molecular complexity index is 269. The van der Waals surface area contributed by atoms with Gasteiger partial charge in [0.2, 0.25) is 5.91 Å². The monoisotopic (exact) mass is 256 g/mol. The van der Waals surface area contributed by atoms with Crippen molar-refractivity contribution in [1.82, 2.24) is 10.2 Å². The van der Waals surface area contributed by atoms with Gasteiger partial charge in [-0.15, -0.1) is 11.8 Å². The molecule has 2 aliphatic rings. The molecule has 0 spiro atoms. The van der Waals surface area contributed by atoms with Crippen molar-refractivity contribution in [2.75, 3.05) is 26.2 Å². The van der Waals surface area contributed by atoms with Crippen LogP contribution in [0.3, 0.4) is 0 Å². The van der Waals surface area contributed by atoms with Gasteiger partial charge in [0.15, 0.2) is 0 Å². The Morgan fingerprint density at radius 2 is 1.82 bits per heavy atom. The van der Waals surface area contributed by atoms with Gasteiger partial charge in [-0.1, -0.05) is 26.7 Å². The van der Waals surface area contributed by atoms with Crippen molar-refractivity contribution in [3.8, 4) is 0 Å². The van der Waals surface area contributed by atoms with Crippen LogP contribution in [-0.4, -0.2) is 47.0 Å². The third-order valence-electron chi connectivity index (χ3n) is 3.67. The summed E-state index contributed by atoms with van der Waals surface area (Å²) >= 11 is 1.90. The second-order valence-electron chi connectivity index (χ2n) is 5.41. The second-order valence-corrected chi connectivity index (χ2v) is 7.37. The normalized spacial score (nSPS) is 24.3. The highest BCUT2D eigenvalue weighted by molar-refractivity contribution is 8.02. The number of nitrogens with one attached hydrogen (secondary N) is 1. The molecule has 1 saturated carbocycles. The minimum Gasteiger partial charge on any atom is -0.339 e. The standard InChI is InChI=1S/C13H24N2OS/c1-11(2)17-13(5-3-4-6-13)12(16)15-9-7-14-8-10-15/h11,14H,3-10H2,1-2H3. The number of piperazine rings is 1. The van der Waals surface area contributed by atoms with Crippen LogP contribution in [0.15, 0.2) is 0 Å². The smallest absolute Gasteiger partial charge is 0.238 e. The molecule has 17 heavy (non-hydrogen) atoms. The fourth-order valence-corrected chi connectivity index (χ4v) is 4.59. The predicted molar refractivity (Wildman–Crippen MR) is 73.4 cm³/mol. The molecule has 4 heteroatoms. The lowest BCUT2D eigenvalue weighted by atomic mass is 10.0. The van der Waals surface area contributed by atoms with Gasteiger partial charge >= 0.3 is 0 Å². The third kappa shape index (κ3) is 2.97. The van der Waals surface area contributed by atoms with Crippen LogP contribution in [0.4, 0.5) is 0 Å². The third-order valence-corrected chi connectivity index (χ3v) is 5.17. The highest BCUT2D eigenvalue weighted by atomic mass is 32.2. The number of rotatable bonds is 3. The molecule has 0 atom stereocenters. The first-order chi connectivity index (χ1) is 8.14. The highest BCUT2D eigenvalue weighted by Gasteiger charge is 2.44. The van der Waals surface area contributed by atoms with Crippen LogP contribution >= 0.6 is 11.8 Å². The summed E-state index contributed by atoms with van der Waals surface area (Å²) in [6.07, 6.45) is 4.60. The molecule has 0 aromatic carbocycles. The summed E-state index contributed by atoms with van der Waals surface area (Å²) in [5.41, 5.74) is 0. The van der Waals surface area contributed by atoms with Crippen LogP contribution in [0.1, 0.15) is 39.5 Å². The van der Waals surface area contributed by atoms with Crippen molar-refractivity contribution in [1.29, 1.82) is 0 Å². The summed E-state index contributed by atoms with van der Waals surface area (Å²) in [7, 11) is 0. The molecule has 1 aliphatic carbocycles. The average Bonchev–Trinajstić information content (AvgIpc) is 2.78. The van der Waals surface area contributed by atoms with Crippen LogP contribution < -0.4 is 5.32 Å². The predicted octanol–water partition coefficient (Wildman–Crippen LogP) is 1.87. The van der Waals surface area contributed by atoms with Crippen LogP contribution in [-0.2, 0) is 4.79 Å². The van der Waals surface area contributed by atoms with Gasteiger partial charge in [-0.3, -0.25) is 4.79 Å². The molecule has 1 amide bonds. The van der Waals surface area contributed by atoms with Crippen LogP contribution in [0.25, 0.3) is 0 Å². The van der Waals surface area contributed by atoms with E-state index in [-0.39, 0.29) is 4.75 Å². The van der Waals surface area contributed by atoms with Crippen molar-refractivity contribution >= 4 is 17.7 Å². The Hall–Kier alpha value is -0.220. The lowest BCUT2D eigenvalue weighted by Crippen LogP contribution is -2.53. The molecule has 1 N–H and O–H groups in total. The number of carbonyl (C=O) groups is 1. The van der Waals surface area contributed by atoms with E-state index in [4.69, 9.17) is 0 Å². The Labute approximate surface area is 109 Å². The average molecular weight is 256 g/mol. The van der Waals surface area contributed by atoms with E-state index in [9.17, 15) is 4.79 Å². The molecular formula is C13H24N2OS. The molecule has 2 rings (SSSR count). The van der Waals surface area contributed by atoms with Gasteiger partial charge in [-0.05, 0) is 12.8 Å². The van der Waals surface area contributed by atoms with Crippen molar-refractivity contribution in [2.24, 2.45) is 0 Å². The highest BCUT2D eigenvalue weighted by Crippen LogP contribution is 2.44. The Morgan fingerprint density at radius 3 is 2.35 bits per heavy atom. The number of amides is 1. The van der Waals surface area contributed by atoms with Crippen molar-refractivity contribution in [3.63, 3.8) is 0 Å². The molecule has 0 aromatic heterocycles. The first kappa shape index (κ1) is 13.2. The van der Waals surface area contributed by atoms with Gasteiger partial charge in [0.05, 0.1) is 4.75 Å². The summed E-state index contributed by atoms with van der Waals surface area (Å²) in [6, 6.07) is 0. The number of hydrogen-bond donors (Lipinski definition) is 1. The van der Waals surface area contributed by atoms with E-state index in [0.29, 0.717) is 11.2 Å². The molecule has 1 saturated heterocycles. The Kier molecular flexibility index (Phi) is 4.36. The molecule has 3 nitrogen and oxygen atoms in total. The number of hydrogen-bond acceptors (Lipinski definition) is 3. The van der Waals surface area contributed by atoms with Crippen molar-refractivity contribution in [2.45, 2.75) is 49.5 Å². The molecule has 1 heterocycles. The topological polar surface area (TPSA) is 32.3 Å². The maximum atomic E-state index is 12.7. The van der Waals surface area contributed by atoms with Gasteiger partial charge in [-0.25, -0.2) is 0 Å². The van der Waals surface area contributed by atoms with Crippen molar-refractivity contribution < 1.29 is 4.79 Å². The Balaban J connectivity index is 2.06. The zero-order valence-corrected chi connectivity index (χ0v) is 11.8. The molecule has 0 unspecified atom stereocenters. The number of thioether (sulfide) groups is 1. The first-order valence-electron chi connectivity index (χ1n) is 6.82. The van der Waals surface area contributed by atoms with E-state index in [2.05, 4.69) is 24.1 Å². The molecule has 1 aliphatic heterocycles. The lowest BCUT2D eigenvalue weighted by molar-refractivity contribution is -0.134. The molecule has 98 valence electrons. The maximum absolute atomic E-state index is 12.7. The van der Waals surface area contributed by atoms with Crippen molar-refractivity contribution in [3.05, 3.63) is 0 Å². The van der Waals surface area contributed by atoms with Crippen LogP contribution in [0.5, 0.6) is 0 Å². The molecule has 2 fully saturated rings. The van der Waals surface area contributed by atoms with Gasteiger partial charge in [0.25, 0.3) is 0 Å². The van der Waals surface area contributed by atoms with Gasteiger partial charge < -0.3 is 10.2 Å². The van der Waals surface area contributed by atoms with E-state index >= 15 is 0 Å². The SMILES string of the molecule is CC(C)SC1(C(=O)N2CCNCC2)CCCC1. The molecule has 0 bridgehead atoms. The minimum atomic E-state index is -0.0918. The van der Waals surface area contributed by atoms with Crippen LogP contribution in [0.2, 0.25) is 0 Å². The number of carbonyl (C=O) groups excluding carboxylic acids is 1. The van der Waals surface area contributed by atoms with Gasteiger partial charge in [-0.2, -0.15) is 0 Å².